The van der Waals surface area contributed by atoms with Gasteiger partial charge in [-0.25, -0.2) is 0 Å². The Morgan fingerprint density at radius 3 is 2.25 bits per heavy atom. The average Bonchev–Trinajstić information content (AvgIpc) is 3.04. The topological polar surface area (TPSA) is 83.1 Å². The predicted octanol–water partition coefficient (Wildman–Crippen LogP) is 3.81. The van der Waals surface area contributed by atoms with Crippen LogP contribution in [0.25, 0.3) is 18.2 Å². The molecule has 0 bridgehead atoms. The molecule has 144 valence electrons. The van der Waals surface area contributed by atoms with E-state index in [9.17, 15) is 4.79 Å². The highest BCUT2D eigenvalue weighted by Gasteiger charge is 2.21. The number of benzene rings is 2. The third-order valence-electron chi connectivity index (χ3n) is 4.09. The van der Waals surface area contributed by atoms with Crippen molar-refractivity contribution in [2.75, 3.05) is 21.3 Å². The standard InChI is InChI=1S/C21H20N2O4S/c1-25-15-8-5-13(6-9-15)4-7-14-10-16(26-2)11-18(27-3)17(14)12-19-20(24)23-21(22)28-19/h4-12H,1-3H3,(H2,22,23,24)/b7-4+,19-12-. The summed E-state index contributed by atoms with van der Waals surface area (Å²) in [6.45, 7) is 0. The Hall–Kier alpha value is -3.19. The molecule has 2 N–H and O–H groups in total. The number of hydrogen-bond acceptors (Lipinski definition) is 6. The van der Waals surface area contributed by atoms with Crippen LogP contribution in [0.4, 0.5) is 0 Å². The number of nitrogens with zero attached hydrogens (tertiary/aromatic N) is 1. The number of rotatable bonds is 6. The highest BCUT2D eigenvalue weighted by Crippen LogP contribution is 2.35. The van der Waals surface area contributed by atoms with Crippen molar-refractivity contribution in [3.63, 3.8) is 0 Å². The quantitative estimate of drug-likeness (QED) is 0.590. The van der Waals surface area contributed by atoms with Gasteiger partial charge in [-0.2, -0.15) is 4.99 Å². The Bertz CT molecular complexity index is 979. The summed E-state index contributed by atoms with van der Waals surface area (Å²) in [5.74, 6) is 1.67. The van der Waals surface area contributed by atoms with Crippen molar-refractivity contribution < 1.29 is 19.0 Å². The largest absolute Gasteiger partial charge is 0.497 e. The number of methoxy groups -OCH3 is 3. The van der Waals surface area contributed by atoms with E-state index in [0.717, 1.165) is 34.2 Å². The third-order valence-corrected chi connectivity index (χ3v) is 4.90. The minimum Gasteiger partial charge on any atom is -0.497 e. The van der Waals surface area contributed by atoms with E-state index in [1.165, 1.54) is 0 Å². The second-order valence-electron chi connectivity index (χ2n) is 5.80. The van der Waals surface area contributed by atoms with Gasteiger partial charge in [0.2, 0.25) is 0 Å². The molecule has 2 aromatic rings. The van der Waals surface area contributed by atoms with Gasteiger partial charge in [-0.1, -0.05) is 24.3 Å². The van der Waals surface area contributed by atoms with Crippen LogP contribution in [0, 0.1) is 0 Å². The summed E-state index contributed by atoms with van der Waals surface area (Å²) in [7, 11) is 4.79. The molecule has 28 heavy (non-hydrogen) atoms. The molecule has 2 aromatic carbocycles. The molecule has 1 amide bonds. The first-order chi connectivity index (χ1) is 13.5. The van der Waals surface area contributed by atoms with Gasteiger partial charge in [0.1, 0.15) is 17.2 Å². The number of ether oxygens (including phenoxy) is 3. The zero-order valence-electron chi connectivity index (χ0n) is 15.8. The molecule has 0 radical (unpaired) electrons. The van der Waals surface area contributed by atoms with E-state index in [1.54, 1.807) is 33.5 Å². The van der Waals surface area contributed by atoms with Gasteiger partial charge >= 0.3 is 0 Å². The molecule has 3 rings (SSSR count). The number of aliphatic imine (C=N–C) groups is 1. The molecular formula is C21H20N2O4S. The molecule has 1 aliphatic heterocycles. The maximum atomic E-state index is 12.0. The summed E-state index contributed by atoms with van der Waals surface area (Å²) in [6, 6.07) is 11.3. The van der Waals surface area contributed by atoms with Gasteiger partial charge in [0.25, 0.3) is 5.91 Å². The average molecular weight is 396 g/mol. The van der Waals surface area contributed by atoms with E-state index in [-0.39, 0.29) is 11.1 Å². The van der Waals surface area contributed by atoms with Crippen molar-refractivity contribution in [3.05, 3.63) is 58.0 Å². The van der Waals surface area contributed by atoms with E-state index in [1.807, 2.05) is 42.5 Å². The summed E-state index contributed by atoms with van der Waals surface area (Å²) in [6.07, 6.45) is 5.64. The summed E-state index contributed by atoms with van der Waals surface area (Å²) >= 11 is 1.14. The number of carbonyl (C=O) groups is 1. The zero-order chi connectivity index (χ0) is 20.1. The summed E-state index contributed by atoms with van der Waals surface area (Å²) in [4.78, 5) is 16.2. The zero-order valence-corrected chi connectivity index (χ0v) is 16.6. The van der Waals surface area contributed by atoms with Crippen LogP contribution in [-0.2, 0) is 4.79 Å². The number of amides is 1. The molecule has 1 heterocycles. The molecule has 0 atom stereocenters. The van der Waals surface area contributed by atoms with Crippen molar-refractivity contribution in [1.82, 2.24) is 0 Å². The fourth-order valence-electron chi connectivity index (χ4n) is 2.66. The molecule has 7 heteroatoms. The van der Waals surface area contributed by atoms with Crippen molar-refractivity contribution in [2.24, 2.45) is 10.7 Å². The van der Waals surface area contributed by atoms with Crippen LogP contribution in [0.3, 0.4) is 0 Å². The van der Waals surface area contributed by atoms with E-state index in [2.05, 4.69) is 4.99 Å². The van der Waals surface area contributed by atoms with Gasteiger partial charge < -0.3 is 19.9 Å². The first-order valence-corrected chi connectivity index (χ1v) is 9.22. The van der Waals surface area contributed by atoms with Crippen LogP contribution in [0.2, 0.25) is 0 Å². The number of carbonyl (C=O) groups excluding carboxylic acids is 1. The molecule has 6 nitrogen and oxygen atoms in total. The molecule has 0 unspecified atom stereocenters. The van der Waals surface area contributed by atoms with Crippen molar-refractivity contribution in [1.29, 1.82) is 0 Å². The molecule has 0 aromatic heterocycles. The number of nitrogens with two attached hydrogens (primary N) is 1. The van der Waals surface area contributed by atoms with Crippen LogP contribution in [-0.4, -0.2) is 32.4 Å². The molecule has 0 spiro atoms. The molecule has 0 fully saturated rings. The van der Waals surface area contributed by atoms with Crippen LogP contribution < -0.4 is 19.9 Å². The van der Waals surface area contributed by atoms with Crippen molar-refractivity contribution >= 4 is 41.1 Å². The van der Waals surface area contributed by atoms with E-state index >= 15 is 0 Å². The lowest BCUT2D eigenvalue weighted by atomic mass is 10.0. The van der Waals surface area contributed by atoms with Gasteiger partial charge in [-0.05, 0) is 47.2 Å². The molecule has 0 saturated carbocycles. The smallest absolute Gasteiger partial charge is 0.286 e. The van der Waals surface area contributed by atoms with Crippen molar-refractivity contribution in [3.8, 4) is 17.2 Å². The maximum Gasteiger partial charge on any atom is 0.286 e. The van der Waals surface area contributed by atoms with Crippen LogP contribution >= 0.6 is 11.8 Å². The summed E-state index contributed by atoms with van der Waals surface area (Å²) in [5.41, 5.74) is 8.23. The lowest BCUT2D eigenvalue weighted by Gasteiger charge is -2.12. The second-order valence-corrected chi connectivity index (χ2v) is 6.87. The van der Waals surface area contributed by atoms with Gasteiger partial charge in [0, 0.05) is 11.6 Å². The molecule has 0 saturated heterocycles. The number of thioether (sulfide) groups is 1. The SMILES string of the molecule is COc1ccc(/C=C/c2cc(OC)cc(OC)c2/C=C2\SC(N)=NC2=O)cc1. The Balaban J connectivity index is 2.03. The molecular weight excluding hydrogens is 376 g/mol. The number of hydrogen-bond donors (Lipinski definition) is 1. The van der Waals surface area contributed by atoms with E-state index < -0.39 is 0 Å². The van der Waals surface area contributed by atoms with Crippen LogP contribution in [0.5, 0.6) is 17.2 Å². The minimum absolute atomic E-state index is 0.235. The lowest BCUT2D eigenvalue weighted by molar-refractivity contribution is -0.113. The monoisotopic (exact) mass is 396 g/mol. The Kier molecular flexibility index (Phi) is 6.06. The van der Waals surface area contributed by atoms with Gasteiger partial charge in [0.15, 0.2) is 5.17 Å². The summed E-state index contributed by atoms with van der Waals surface area (Å²) in [5, 5.41) is 0.235. The molecule has 0 aliphatic carbocycles. The first-order valence-electron chi connectivity index (χ1n) is 8.40. The van der Waals surface area contributed by atoms with E-state index in [4.69, 9.17) is 19.9 Å². The predicted molar refractivity (Wildman–Crippen MR) is 114 cm³/mol. The summed E-state index contributed by atoms with van der Waals surface area (Å²) < 4.78 is 16.1. The van der Waals surface area contributed by atoms with E-state index in [0.29, 0.717) is 16.4 Å². The molecule has 1 aliphatic rings. The number of amidine groups is 1. The van der Waals surface area contributed by atoms with Gasteiger partial charge in [-0.3, -0.25) is 4.79 Å². The Labute approximate surface area is 167 Å². The Morgan fingerprint density at radius 2 is 1.68 bits per heavy atom. The van der Waals surface area contributed by atoms with Crippen molar-refractivity contribution in [2.45, 2.75) is 0 Å². The Morgan fingerprint density at radius 1 is 0.964 bits per heavy atom. The van der Waals surface area contributed by atoms with Gasteiger partial charge in [-0.15, -0.1) is 0 Å². The third kappa shape index (κ3) is 4.37. The lowest BCUT2D eigenvalue weighted by Crippen LogP contribution is -2.01. The highest BCUT2D eigenvalue weighted by molar-refractivity contribution is 8.18. The van der Waals surface area contributed by atoms with Crippen LogP contribution in [0.1, 0.15) is 16.7 Å². The second kappa shape index (κ2) is 8.67. The highest BCUT2D eigenvalue weighted by atomic mass is 32.2. The van der Waals surface area contributed by atoms with Crippen LogP contribution in [0.15, 0.2) is 46.3 Å². The normalized spacial score (nSPS) is 15.2. The maximum absolute atomic E-state index is 12.0. The van der Waals surface area contributed by atoms with Gasteiger partial charge in [0.05, 0.1) is 26.2 Å². The first kappa shape index (κ1) is 19.6. The fourth-order valence-corrected chi connectivity index (χ4v) is 3.32. The fraction of sp³-hybridized carbons (Fsp3) is 0.143. The minimum atomic E-state index is -0.356.